The van der Waals surface area contributed by atoms with Crippen LogP contribution in [0.1, 0.15) is 65.2 Å². The van der Waals surface area contributed by atoms with E-state index in [2.05, 4.69) is 13.8 Å². The molecular weight excluding hydrogens is 256 g/mol. The third-order valence-corrected chi connectivity index (χ3v) is 6.84. The van der Waals surface area contributed by atoms with E-state index in [1.54, 1.807) is 0 Å². The van der Waals surface area contributed by atoms with E-state index >= 15 is 0 Å². The van der Waals surface area contributed by atoms with Gasteiger partial charge in [0.1, 0.15) is 0 Å². The predicted molar refractivity (Wildman–Crippen MR) is 86.9 cm³/mol. The molecule has 0 fully saturated rings. The Balaban J connectivity index is 2.86. The molecule has 0 saturated heterocycles. The van der Waals surface area contributed by atoms with Gasteiger partial charge < -0.3 is 8.85 Å². The van der Waals surface area contributed by atoms with Crippen LogP contribution in [0.3, 0.4) is 0 Å². The van der Waals surface area contributed by atoms with Crippen molar-refractivity contribution in [1.29, 1.82) is 0 Å². The number of hydrogen-bond donors (Lipinski definition) is 0. The lowest BCUT2D eigenvalue weighted by molar-refractivity contribution is 0.315. The van der Waals surface area contributed by atoms with Crippen molar-refractivity contribution in [2.24, 2.45) is 0 Å². The van der Waals surface area contributed by atoms with E-state index in [0.29, 0.717) is 0 Å². The highest BCUT2D eigenvalue weighted by molar-refractivity contribution is 6.34. The van der Waals surface area contributed by atoms with Gasteiger partial charge >= 0.3 is 0 Å². The molecule has 0 amide bonds. The van der Waals surface area contributed by atoms with Crippen LogP contribution in [0, 0.1) is 0 Å². The molecule has 0 aliphatic heterocycles. The lowest BCUT2D eigenvalue weighted by Crippen LogP contribution is -2.05. The molecule has 0 bridgehead atoms. The Morgan fingerprint density at radius 2 is 1.06 bits per heavy atom. The van der Waals surface area contributed by atoms with Crippen LogP contribution in [0.25, 0.3) is 0 Å². The Hall–Kier alpha value is 0.354. The average molecular weight is 291 g/mol. The molecule has 0 aliphatic carbocycles. The highest BCUT2D eigenvalue weighted by Crippen LogP contribution is 2.00. The van der Waals surface area contributed by atoms with Crippen LogP contribution in [0.5, 0.6) is 0 Å². The summed E-state index contributed by atoms with van der Waals surface area (Å²) in [5, 5.41) is 0. The smallest absolute Gasteiger partial charge is 0.161 e. The molecule has 0 atom stereocenters. The molecule has 0 aromatic rings. The minimum Gasteiger partial charge on any atom is -0.424 e. The van der Waals surface area contributed by atoms with Crippen LogP contribution in [0.15, 0.2) is 0 Å². The van der Waals surface area contributed by atoms with Gasteiger partial charge in [-0.25, -0.2) is 0 Å². The van der Waals surface area contributed by atoms with Crippen LogP contribution in [0.4, 0.5) is 0 Å². The number of rotatable bonds is 15. The zero-order valence-corrected chi connectivity index (χ0v) is 15.5. The first-order chi connectivity index (χ1) is 8.91. The monoisotopic (exact) mass is 290 g/mol. The quantitative estimate of drug-likeness (QED) is 0.341. The molecule has 0 saturated carbocycles. The highest BCUT2D eigenvalue weighted by Gasteiger charge is 1.94. The average Bonchev–Trinajstić information content (AvgIpc) is 2.39. The highest BCUT2D eigenvalue weighted by atomic mass is 28.2. The fraction of sp³-hybridized carbons (Fsp3) is 1.00. The van der Waals surface area contributed by atoms with E-state index in [0.717, 1.165) is 13.2 Å². The van der Waals surface area contributed by atoms with Crippen molar-refractivity contribution in [1.82, 2.24) is 0 Å². The summed E-state index contributed by atoms with van der Waals surface area (Å²) in [6, 6.07) is 2.68. The Morgan fingerprint density at radius 1 is 0.611 bits per heavy atom. The minimum absolute atomic E-state index is 0.216. The molecule has 0 heterocycles. The van der Waals surface area contributed by atoms with E-state index < -0.39 is 0 Å². The van der Waals surface area contributed by atoms with E-state index in [-0.39, 0.29) is 19.5 Å². The summed E-state index contributed by atoms with van der Waals surface area (Å²) < 4.78 is 11.5. The van der Waals surface area contributed by atoms with Crippen molar-refractivity contribution in [3.05, 3.63) is 0 Å². The standard InChI is InChI=1S/C14H34O2Si2/c1-3-5-7-9-11-15-17-13-14-18-16-12-10-8-6-4-2/h3-14,17-18H2,1-2H3. The van der Waals surface area contributed by atoms with E-state index in [9.17, 15) is 0 Å². The van der Waals surface area contributed by atoms with Gasteiger partial charge in [-0.1, -0.05) is 52.4 Å². The molecule has 4 heteroatoms. The van der Waals surface area contributed by atoms with Crippen LogP contribution in [0.2, 0.25) is 12.1 Å². The second-order valence-corrected chi connectivity index (χ2v) is 8.10. The van der Waals surface area contributed by atoms with Gasteiger partial charge in [-0.15, -0.1) is 0 Å². The summed E-state index contributed by atoms with van der Waals surface area (Å²) in [7, 11) is -0.432. The van der Waals surface area contributed by atoms with Gasteiger partial charge in [-0.05, 0) is 24.9 Å². The number of hydrogen-bond acceptors (Lipinski definition) is 2. The third-order valence-electron chi connectivity index (χ3n) is 3.11. The molecule has 0 radical (unpaired) electrons. The molecule has 0 aromatic heterocycles. The molecule has 0 spiro atoms. The lowest BCUT2D eigenvalue weighted by Gasteiger charge is -2.05. The van der Waals surface area contributed by atoms with Gasteiger partial charge in [0.05, 0.1) is 0 Å². The normalized spacial score (nSPS) is 12.3. The second kappa shape index (κ2) is 17.4. The maximum absolute atomic E-state index is 5.75. The second-order valence-electron chi connectivity index (χ2n) is 5.05. The third kappa shape index (κ3) is 16.4. The molecule has 0 unspecified atom stereocenters. The van der Waals surface area contributed by atoms with Crippen LogP contribution >= 0.6 is 0 Å². The SMILES string of the molecule is CCCCCCO[SiH2]CC[SiH2]OCCCCCC. The first kappa shape index (κ1) is 18.4. The Labute approximate surface area is 119 Å². The van der Waals surface area contributed by atoms with Gasteiger partial charge in [0, 0.05) is 13.2 Å². The zero-order chi connectivity index (χ0) is 13.3. The molecule has 18 heavy (non-hydrogen) atoms. The fourth-order valence-electron chi connectivity index (χ4n) is 1.87. The summed E-state index contributed by atoms with van der Waals surface area (Å²) in [5.41, 5.74) is 0. The first-order valence-electron chi connectivity index (χ1n) is 8.07. The number of unbranched alkanes of at least 4 members (excludes halogenated alkanes) is 6. The molecule has 2 nitrogen and oxygen atoms in total. The van der Waals surface area contributed by atoms with Crippen LogP contribution in [-0.4, -0.2) is 32.7 Å². The van der Waals surface area contributed by atoms with Gasteiger partial charge in [0.15, 0.2) is 19.5 Å². The minimum atomic E-state index is -0.216. The van der Waals surface area contributed by atoms with Crippen molar-refractivity contribution < 1.29 is 8.85 Å². The Morgan fingerprint density at radius 3 is 1.44 bits per heavy atom. The molecule has 0 aliphatic rings. The van der Waals surface area contributed by atoms with Crippen LogP contribution in [-0.2, 0) is 8.85 Å². The lowest BCUT2D eigenvalue weighted by atomic mass is 10.2. The topological polar surface area (TPSA) is 18.5 Å². The van der Waals surface area contributed by atoms with Crippen LogP contribution < -0.4 is 0 Å². The van der Waals surface area contributed by atoms with Crippen molar-refractivity contribution in [2.75, 3.05) is 13.2 Å². The summed E-state index contributed by atoms with van der Waals surface area (Å²) in [4.78, 5) is 0. The van der Waals surface area contributed by atoms with Crippen molar-refractivity contribution in [3.8, 4) is 0 Å². The molecule has 110 valence electrons. The van der Waals surface area contributed by atoms with E-state index in [1.165, 1.54) is 63.5 Å². The zero-order valence-electron chi connectivity index (χ0n) is 12.7. The van der Waals surface area contributed by atoms with Gasteiger partial charge in [-0.2, -0.15) is 0 Å². The first-order valence-corrected chi connectivity index (χ1v) is 11.2. The van der Waals surface area contributed by atoms with E-state index in [4.69, 9.17) is 8.85 Å². The molecule has 0 rings (SSSR count). The maximum Gasteiger partial charge on any atom is 0.161 e. The maximum atomic E-state index is 5.75. The van der Waals surface area contributed by atoms with Crippen molar-refractivity contribution >= 4 is 19.5 Å². The summed E-state index contributed by atoms with van der Waals surface area (Å²) in [6.45, 7) is 6.54. The summed E-state index contributed by atoms with van der Waals surface area (Å²) >= 11 is 0. The van der Waals surface area contributed by atoms with Gasteiger partial charge in [-0.3, -0.25) is 0 Å². The molecule has 0 N–H and O–H groups in total. The van der Waals surface area contributed by atoms with Crippen molar-refractivity contribution in [3.63, 3.8) is 0 Å². The van der Waals surface area contributed by atoms with E-state index in [1.807, 2.05) is 0 Å². The molecular formula is C14H34O2Si2. The fourth-order valence-corrected chi connectivity index (χ4v) is 4.73. The summed E-state index contributed by atoms with van der Waals surface area (Å²) in [6.07, 6.45) is 10.6. The molecule has 0 aromatic carbocycles. The van der Waals surface area contributed by atoms with Crippen molar-refractivity contribution in [2.45, 2.75) is 77.3 Å². The Kier molecular flexibility index (Phi) is 17.7. The Bertz CT molecular complexity index is 130. The largest absolute Gasteiger partial charge is 0.424 e. The van der Waals surface area contributed by atoms with Gasteiger partial charge in [0.25, 0.3) is 0 Å². The predicted octanol–water partition coefficient (Wildman–Crippen LogP) is 3.18. The van der Waals surface area contributed by atoms with Gasteiger partial charge in [0.2, 0.25) is 0 Å². The summed E-state index contributed by atoms with van der Waals surface area (Å²) in [5.74, 6) is 0.